The van der Waals surface area contributed by atoms with E-state index in [1.807, 2.05) is 47.3 Å². The predicted molar refractivity (Wildman–Crippen MR) is 86.5 cm³/mol. The minimum Gasteiger partial charge on any atom is -1.00 e. The van der Waals surface area contributed by atoms with E-state index in [0.717, 1.165) is 18.7 Å². The van der Waals surface area contributed by atoms with Gasteiger partial charge in [0, 0.05) is 23.3 Å². The second kappa shape index (κ2) is 8.48. The first kappa shape index (κ1) is 18.7. The Balaban J connectivity index is 0.00000225. The van der Waals surface area contributed by atoms with Gasteiger partial charge in [-0.1, -0.05) is 30.3 Å². The van der Waals surface area contributed by atoms with Crippen molar-refractivity contribution in [1.29, 1.82) is 0 Å². The molecule has 0 fully saturated rings. The molecular weight excluding hydrogens is 390 g/mol. The number of hydrogen-bond donors (Lipinski definition) is 1. The quantitative estimate of drug-likeness (QED) is 0.633. The third-order valence-corrected chi connectivity index (χ3v) is 3.54. The normalized spacial score (nSPS) is 10.0. The number of benzene rings is 2. The summed E-state index contributed by atoms with van der Waals surface area (Å²) in [5, 5.41) is 2.65. The summed E-state index contributed by atoms with van der Waals surface area (Å²) in [6.45, 7) is 0.720. The first-order valence-corrected chi connectivity index (χ1v) is 7.41. The molecule has 25 heavy (non-hydrogen) atoms. The monoisotopic (exact) mass is 404 g/mol. The average Bonchev–Trinajstić information content (AvgIpc) is 2.60. The number of nitrogens with one attached hydrogen (secondary N) is 1. The molecule has 1 amide bonds. The number of halogens is 3. The van der Waals surface area contributed by atoms with Gasteiger partial charge >= 0.3 is 0 Å². The zero-order valence-corrected chi connectivity index (χ0v) is 14.7. The lowest BCUT2D eigenvalue weighted by Gasteiger charge is -2.05. The number of aromatic nitrogens is 1. The van der Waals surface area contributed by atoms with Crippen LogP contribution in [0.1, 0.15) is 15.9 Å². The van der Waals surface area contributed by atoms with Crippen molar-refractivity contribution >= 4 is 11.6 Å². The van der Waals surface area contributed by atoms with Gasteiger partial charge in [-0.2, -0.15) is 0 Å². The highest BCUT2D eigenvalue weighted by Crippen LogP contribution is 2.11. The summed E-state index contributed by atoms with van der Waals surface area (Å²) in [4.78, 5) is 12.0. The van der Waals surface area contributed by atoms with Gasteiger partial charge in [-0.15, -0.1) is 0 Å². The van der Waals surface area contributed by atoms with Crippen LogP contribution in [0.3, 0.4) is 0 Å². The summed E-state index contributed by atoms with van der Waals surface area (Å²) in [7, 11) is 0. The molecule has 0 saturated heterocycles. The van der Waals surface area contributed by atoms with Gasteiger partial charge in [0.05, 0.1) is 5.69 Å². The van der Waals surface area contributed by atoms with E-state index in [0.29, 0.717) is 5.69 Å². The summed E-state index contributed by atoms with van der Waals surface area (Å²) in [6.07, 6.45) is 3.68. The Morgan fingerprint density at radius 1 is 0.920 bits per heavy atom. The van der Waals surface area contributed by atoms with E-state index in [1.165, 1.54) is 11.6 Å². The Hall–Kier alpha value is -2.60. The molecule has 0 bridgehead atoms. The highest BCUT2D eigenvalue weighted by Gasteiger charge is 2.11. The molecule has 1 heterocycles. The summed E-state index contributed by atoms with van der Waals surface area (Å²) in [5.41, 5.74) is 1.81. The third-order valence-electron chi connectivity index (χ3n) is 3.54. The molecule has 6 heteroatoms. The Labute approximate surface area is 154 Å². The standard InChI is InChI=1S/C19H14F2N2O.BrH/c20-17-7-6-15(12-18(17)21)19(24)22-16-8-10-23(11-9-16)13-14-4-2-1-3-5-14;/h1-12H,13H2;1H. The van der Waals surface area contributed by atoms with Crippen LogP contribution >= 0.6 is 0 Å². The zero-order valence-electron chi connectivity index (χ0n) is 13.1. The Bertz CT molecular complexity index is 855. The molecule has 0 spiro atoms. The van der Waals surface area contributed by atoms with Crippen molar-refractivity contribution < 1.29 is 35.1 Å². The van der Waals surface area contributed by atoms with E-state index < -0.39 is 17.5 Å². The first-order chi connectivity index (χ1) is 11.6. The summed E-state index contributed by atoms with van der Waals surface area (Å²) in [5.74, 6) is -2.51. The Morgan fingerprint density at radius 2 is 1.60 bits per heavy atom. The number of carbonyl (C=O) groups is 1. The average molecular weight is 405 g/mol. The van der Waals surface area contributed by atoms with Crippen molar-refractivity contribution in [3.05, 3.63) is 95.8 Å². The molecule has 3 rings (SSSR count). The van der Waals surface area contributed by atoms with Gasteiger partial charge < -0.3 is 22.3 Å². The molecule has 0 aliphatic heterocycles. The second-order valence-corrected chi connectivity index (χ2v) is 5.33. The fourth-order valence-electron chi connectivity index (χ4n) is 2.28. The van der Waals surface area contributed by atoms with Crippen LogP contribution in [0.25, 0.3) is 0 Å². The second-order valence-electron chi connectivity index (χ2n) is 5.33. The molecule has 1 N–H and O–H groups in total. The molecule has 1 aromatic heterocycles. The van der Waals surface area contributed by atoms with Crippen molar-refractivity contribution in [3.63, 3.8) is 0 Å². The topological polar surface area (TPSA) is 33.0 Å². The first-order valence-electron chi connectivity index (χ1n) is 7.41. The molecule has 0 aliphatic rings. The van der Waals surface area contributed by atoms with Gasteiger partial charge in [-0.3, -0.25) is 4.79 Å². The number of nitrogens with zero attached hydrogens (tertiary/aromatic N) is 1. The summed E-state index contributed by atoms with van der Waals surface area (Å²) < 4.78 is 28.1. The zero-order chi connectivity index (χ0) is 16.9. The van der Waals surface area contributed by atoms with Crippen molar-refractivity contribution in [3.8, 4) is 0 Å². The van der Waals surface area contributed by atoms with Gasteiger partial charge in [-0.05, 0) is 18.2 Å². The lowest BCUT2D eigenvalue weighted by Crippen LogP contribution is -3.00. The van der Waals surface area contributed by atoms with Crippen molar-refractivity contribution in [2.75, 3.05) is 5.32 Å². The third kappa shape index (κ3) is 4.93. The van der Waals surface area contributed by atoms with Crippen LogP contribution in [0.5, 0.6) is 0 Å². The smallest absolute Gasteiger partial charge is 0.255 e. The molecule has 0 unspecified atom stereocenters. The Kier molecular flexibility index (Phi) is 6.36. The number of pyridine rings is 1. The van der Waals surface area contributed by atoms with Crippen LogP contribution in [0.2, 0.25) is 0 Å². The number of amides is 1. The van der Waals surface area contributed by atoms with E-state index in [2.05, 4.69) is 5.32 Å². The molecule has 128 valence electrons. The molecule has 3 nitrogen and oxygen atoms in total. The fourth-order valence-corrected chi connectivity index (χ4v) is 2.28. The van der Waals surface area contributed by atoms with Crippen LogP contribution in [-0.4, -0.2) is 5.91 Å². The van der Waals surface area contributed by atoms with Crippen molar-refractivity contribution in [2.45, 2.75) is 6.54 Å². The van der Waals surface area contributed by atoms with Crippen molar-refractivity contribution in [1.82, 2.24) is 0 Å². The van der Waals surface area contributed by atoms with Gasteiger partial charge in [0.2, 0.25) is 0 Å². The number of hydrogen-bond acceptors (Lipinski definition) is 1. The SMILES string of the molecule is O=C(Nc1cc[n+](Cc2ccccc2)cc1)c1ccc(F)c(F)c1.[Br-]. The maximum absolute atomic E-state index is 13.2. The molecule has 2 aromatic carbocycles. The lowest BCUT2D eigenvalue weighted by molar-refractivity contribution is -0.688. The maximum Gasteiger partial charge on any atom is 0.255 e. The van der Waals surface area contributed by atoms with E-state index in [1.54, 1.807) is 12.1 Å². The van der Waals surface area contributed by atoms with Crippen LogP contribution in [-0.2, 0) is 6.54 Å². The number of anilines is 1. The Morgan fingerprint density at radius 3 is 2.24 bits per heavy atom. The minimum atomic E-state index is -1.04. The fraction of sp³-hybridized carbons (Fsp3) is 0.0526. The largest absolute Gasteiger partial charge is 1.00 e. The summed E-state index contributed by atoms with van der Waals surface area (Å²) >= 11 is 0. The van der Waals surface area contributed by atoms with Crippen molar-refractivity contribution in [2.24, 2.45) is 0 Å². The maximum atomic E-state index is 13.2. The van der Waals surface area contributed by atoms with E-state index >= 15 is 0 Å². The molecule has 0 saturated carbocycles. The van der Waals surface area contributed by atoms with Gasteiger partial charge in [0.1, 0.15) is 0 Å². The molecule has 0 radical (unpaired) electrons. The highest BCUT2D eigenvalue weighted by atomic mass is 79.9. The molecule has 0 aliphatic carbocycles. The minimum absolute atomic E-state index is 0. The van der Waals surface area contributed by atoms with E-state index in [-0.39, 0.29) is 22.5 Å². The van der Waals surface area contributed by atoms with Gasteiger partial charge in [-0.25, -0.2) is 13.3 Å². The number of carbonyl (C=O) groups excluding carboxylic acids is 1. The van der Waals surface area contributed by atoms with E-state index in [4.69, 9.17) is 0 Å². The number of rotatable bonds is 4. The predicted octanol–water partition coefficient (Wildman–Crippen LogP) is 0.557. The molecular formula is C19H15BrF2N2O. The van der Waals surface area contributed by atoms with E-state index in [9.17, 15) is 13.6 Å². The molecule has 3 aromatic rings. The lowest BCUT2D eigenvalue weighted by atomic mass is 10.2. The highest BCUT2D eigenvalue weighted by molar-refractivity contribution is 6.04. The molecule has 0 atom stereocenters. The van der Waals surface area contributed by atoms with Gasteiger partial charge in [0.15, 0.2) is 30.6 Å². The summed E-state index contributed by atoms with van der Waals surface area (Å²) in [6, 6.07) is 16.5. The van der Waals surface area contributed by atoms with Crippen LogP contribution in [0.15, 0.2) is 73.1 Å². The van der Waals surface area contributed by atoms with Crippen LogP contribution in [0, 0.1) is 11.6 Å². The van der Waals surface area contributed by atoms with Crippen LogP contribution < -0.4 is 26.9 Å². The van der Waals surface area contributed by atoms with Gasteiger partial charge in [0.25, 0.3) is 5.91 Å². The van der Waals surface area contributed by atoms with Crippen LogP contribution in [0.4, 0.5) is 14.5 Å².